The first-order chi connectivity index (χ1) is 10.4. The van der Waals surface area contributed by atoms with Crippen LogP contribution in [-0.2, 0) is 12.6 Å². The van der Waals surface area contributed by atoms with E-state index >= 15 is 0 Å². The second-order valence-electron chi connectivity index (χ2n) is 4.68. The van der Waals surface area contributed by atoms with Crippen molar-refractivity contribution in [3.63, 3.8) is 0 Å². The zero-order chi connectivity index (χ0) is 16.2. The predicted octanol–water partition coefficient (Wildman–Crippen LogP) is 4.91. The number of rotatable bonds is 3. The number of hydrogen-bond acceptors (Lipinski definition) is 1. The molecule has 3 nitrogen and oxygen atoms in total. The lowest BCUT2D eigenvalue weighted by molar-refractivity contribution is -0.136. The lowest BCUT2D eigenvalue weighted by Gasteiger charge is -2.14. The van der Waals surface area contributed by atoms with Gasteiger partial charge in [0.2, 0.25) is 0 Å². The molecule has 0 aliphatic carbocycles. The lowest BCUT2D eigenvalue weighted by Crippen LogP contribution is -2.21. The number of aryl methyl sites for hydroxylation is 1. The van der Waals surface area contributed by atoms with E-state index < -0.39 is 17.8 Å². The lowest BCUT2D eigenvalue weighted by atomic mass is 10.1. The molecule has 0 saturated carbocycles. The van der Waals surface area contributed by atoms with Crippen LogP contribution >= 0.6 is 0 Å². The molecule has 116 valence electrons. The van der Waals surface area contributed by atoms with Crippen LogP contribution in [0, 0.1) is 0 Å². The average molecular weight is 308 g/mol. The second kappa shape index (κ2) is 6.51. The molecule has 0 aliphatic rings. The molecule has 2 rings (SSSR count). The molecule has 0 heterocycles. The summed E-state index contributed by atoms with van der Waals surface area (Å²) in [7, 11) is 0. The third kappa shape index (κ3) is 4.00. The minimum Gasteiger partial charge on any atom is -0.308 e. The highest BCUT2D eigenvalue weighted by molar-refractivity contribution is 6.00. The van der Waals surface area contributed by atoms with Gasteiger partial charge < -0.3 is 10.6 Å². The number of para-hydroxylation sites is 1. The summed E-state index contributed by atoms with van der Waals surface area (Å²) in [6, 6.07) is 11.3. The molecule has 22 heavy (non-hydrogen) atoms. The molecule has 6 heteroatoms. The number of benzene rings is 2. The van der Waals surface area contributed by atoms with Crippen molar-refractivity contribution in [2.75, 3.05) is 10.6 Å². The molecular weight excluding hydrogens is 293 g/mol. The number of carbonyl (C=O) groups is 1. The summed E-state index contributed by atoms with van der Waals surface area (Å²) >= 11 is 0. The summed E-state index contributed by atoms with van der Waals surface area (Å²) < 4.78 is 38.6. The summed E-state index contributed by atoms with van der Waals surface area (Å²) in [5.74, 6) is 0. The zero-order valence-corrected chi connectivity index (χ0v) is 11.9. The molecule has 2 N–H and O–H groups in total. The summed E-state index contributed by atoms with van der Waals surface area (Å²) in [5, 5.41) is 4.76. The van der Waals surface area contributed by atoms with Crippen molar-refractivity contribution in [2.45, 2.75) is 19.5 Å². The van der Waals surface area contributed by atoms with Gasteiger partial charge in [-0.15, -0.1) is 0 Å². The van der Waals surface area contributed by atoms with E-state index in [0.29, 0.717) is 5.69 Å². The van der Waals surface area contributed by atoms with E-state index in [9.17, 15) is 18.0 Å². The smallest absolute Gasteiger partial charge is 0.308 e. The Morgan fingerprint density at radius 3 is 2.45 bits per heavy atom. The third-order valence-electron chi connectivity index (χ3n) is 3.07. The van der Waals surface area contributed by atoms with Crippen molar-refractivity contribution in [1.82, 2.24) is 0 Å². The van der Waals surface area contributed by atoms with E-state index in [0.717, 1.165) is 18.1 Å². The molecule has 0 aliphatic heterocycles. The van der Waals surface area contributed by atoms with Crippen LogP contribution in [0.3, 0.4) is 0 Å². The number of anilines is 2. The first-order valence-corrected chi connectivity index (χ1v) is 6.73. The van der Waals surface area contributed by atoms with Gasteiger partial charge in [0.1, 0.15) is 0 Å². The first-order valence-electron chi connectivity index (χ1n) is 6.73. The van der Waals surface area contributed by atoms with Gasteiger partial charge in [0.25, 0.3) is 0 Å². The van der Waals surface area contributed by atoms with Crippen LogP contribution in [0.15, 0.2) is 48.5 Å². The van der Waals surface area contributed by atoms with Crippen molar-refractivity contribution in [3.05, 3.63) is 59.7 Å². The minimum atomic E-state index is -4.52. The second-order valence-corrected chi connectivity index (χ2v) is 4.68. The van der Waals surface area contributed by atoms with E-state index in [-0.39, 0.29) is 5.69 Å². The third-order valence-corrected chi connectivity index (χ3v) is 3.07. The molecule has 0 radical (unpaired) electrons. The van der Waals surface area contributed by atoms with Crippen molar-refractivity contribution in [3.8, 4) is 0 Å². The fourth-order valence-corrected chi connectivity index (χ4v) is 1.99. The molecule has 0 fully saturated rings. The van der Waals surface area contributed by atoms with Gasteiger partial charge in [-0.1, -0.05) is 31.2 Å². The highest BCUT2D eigenvalue weighted by Crippen LogP contribution is 2.34. The Labute approximate surface area is 126 Å². The number of amides is 2. The maximum Gasteiger partial charge on any atom is 0.418 e. The number of hydrogen-bond donors (Lipinski definition) is 2. The molecule has 0 unspecified atom stereocenters. The number of halogens is 3. The average Bonchev–Trinajstić information content (AvgIpc) is 2.46. The van der Waals surface area contributed by atoms with Crippen LogP contribution in [0.2, 0.25) is 0 Å². The Balaban J connectivity index is 2.13. The van der Waals surface area contributed by atoms with Crippen LogP contribution in [0.1, 0.15) is 18.1 Å². The van der Waals surface area contributed by atoms with Crippen LogP contribution in [0.25, 0.3) is 0 Å². The minimum absolute atomic E-state index is 0.279. The first kappa shape index (κ1) is 15.9. The van der Waals surface area contributed by atoms with Gasteiger partial charge in [-0.05, 0) is 36.2 Å². The summed E-state index contributed by atoms with van der Waals surface area (Å²) in [6.07, 6.45) is -3.72. The maximum atomic E-state index is 12.9. The molecule has 0 aromatic heterocycles. The van der Waals surface area contributed by atoms with E-state index in [1.54, 1.807) is 18.2 Å². The van der Waals surface area contributed by atoms with Gasteiger partial charge >= 0.3 is 12.2 Å². The number of alkyl halides is 3. The van der Waals surface area contributed by atoms with Crippen LogP contribution < -0.4 is 10.6 Å². The van der Waals surface area contributed by atoms with Gasteiger partial charge in [-0.25, -0.2) is 4.79 Å². The quantitative estimate of drug-likeness (QED) is 0.831. The molecule has 2 amide bonds. The zero-order valence-electron chi connectivity index (χ0n) is 11.9. The molecule has 2 aromatic rings. The maximum absolute atomic E-state index is 12.9. The Bertz CT molecular complexity index is 668. The molecule has 0 bridgehead atoms. The van der Waals surface area contributed by atoms with E-state index in [2.05, 4.69) is 10.6 Å². The van der Waals surface area contributed by atoms with Crippen molar-refractivity contribution >= 4 is 17.4 Å². The highest BCUT2D eigenvalue weighted by Gasteiger charge is 2.33. The van der Waals surface area contributed by atoms with Gasteiger partial charge in [-0.2, -0.15) is 13.2 Å². The largest absolute Gasteiger partial charge is 0.418 e. The molecule has 0 saturated heterocycles. The van der Waals surface area contributed by atoms with Crippen molar-refractivity contribution in [2.24, 2.45) is 0 Å². The van der Waals surface area contributed by atoms with Gasteiger partial charge in [-0.3, -0.25) is 0 Å². The van der Waals surface area contributed by atoms with Crippen molar-refractivity contribution < 1.29 is 18.0 Å². The topological polar surface area (TPSA) is 41.1 Å². The van der Waals surface area contributed by atoms with Crippen LogP contribution in [-0.4, -0.2) is 6.03 Å². The molecule has 2 aromatic carbocycles. The fourth-order valence-electron chi connectivity index (χ4n) is 1.99. The summed E-state index contributed by atoms with van der Waals surface area (Å²) in [4.78, 5) is 11.9. The van der Waals surface area contributed by atoms with Crippen LogP contribution in [0.4, 0.5) is 29.3 Å². The summed E-state index contributed by atoms with van der Waals surface area (Å²) in [6.45, 7) is 1.97. The van der Waals surface area contributed by atoms with Gasteiger partial charge in [0, 0.05) is 5.69 Å². The Morgan fingerprint density at radius 2 is 1.77 bits per heavy atom. The SMILES string of the molecule is CCc1cccc(NC(=O)Nc2ccccc2C(F)(F)F)c1. The Morgan fingerprint density at radius 1 is 1.05 bits per heavy atom. The van der Waals surface area contributed by atoms with E-state index in [1.165, 1.54) is 18.2 Å². The monoisotopic (exact) mass is 308 g/mol. The number of nitrogens with one attached hydrogen (secondary N) is 2. The molecule has 0 spiro atoms. The van der Waals surface area contributed by atoms with Crippen molar-refractivity contribution in [1.29, 1.82) is 0 Å². The fraction of sp³-hybridized carbons (Fsp3) is 0.188. The number of carbonyl (C=O) groups excluding carboxylic acids is 1. The molecular formula is C16H15F3N2O. The number of urea groups is 1. The standard InChI is InChI=1S/C16H15F3N2O/c1-2-11-6-5-7-12(10-11)20-15(22)21-14-9-4-3-8-13(14)16(17,18)19/h3-10H,2H2,1H3,(H2,20,21,22). The predicted molar refractivity (Wildman–Crippen MR) is 79.9 cm³/mol. The summed E-state index contributed by atoms with van der Waals surface area (Å²) in [5.41, 5.74) is 0.390. The molecule has 0 atom stereocenters. The highest BCUT2D eigenvalue weighted by atomic mass is 19.4. The van der Waals surface area contributed by atoms with E-state index in [4.69, 9.17) is 0 Å². The van der Waals surface area contributed by atoms with E-state index in [1.807, 2.05) is 13.0 Å². The van der Waals surface area contributed by atoms with Crippen LogP contribution in [0.5, 0.6) is 0 Å². The Kier molecular flexibility index (Phi) is 4.70. The Hall–Kier alpha value is -2.50. The van der Waals surface area contributed by atoms with Gasteiger partial charge in [0.15, 0.2) is 0 Å². The normalized spacial score (nSPS) is 11.1. The van der Waals surface area contributed by atoms with Gasteiger partial charge in [0.05, 0.1) is 11.3 Å².